The molecule has 0 atom stereocenters. The van der Waals surface area contributed by atoms with Gasteiger partial charge in [0.05, 0.1) is 0 Å². The summed E-state index contributed by atoms with van der Waals surface area (Å²) < 4.78 is 0. The Balaban J connectivity index is -0.0000000150. The summed E-state index contributed by atoms with van der Waals surface area (Å²) in [7, 11) is 0. The van der Waals surface area contributed by atoms with E-state index in [0.29, 0.717) is 0 Å². The second-order valence-electron chi connectivity index (χ2n) is 0.283. The van der Waals surface area contributed by atoms with Gasteiger partial charge in [0.25, 0.3) is 0 Å². The van der Waals surface area contributed by atoms with Crippen LogP contribution in [0, 0.1) is 0 Å². The van der Waals surface area contributed by atoms with Crippen LogP contribution in [0.25, 0.3) is 0 Å². The molecule has 0 aromatic rings. The van der Waals surface area contributed by atoms with Gasteiger partial charge in [-0.05, 0) is 0 Å². The van der Waals surface area contributed by atoms with Crippen molar-refractivity contribution >= 4 is 6.16 Å². The van der Waals surface area contributed by atoms with E-state index in [-0.39, 0.29) is 59.0 Å². The van der Waals surface area contributed by atoms with Crippen molar-refractivity contribution in [1.82, 2.24) is 6.15 Å². The maximum atomic E-state index is 8.56. The average Bonchev–Trinajstić information content (AvgIpc) is 0.811. The van der Waals surface area contributed by atoms with E-state index in [1.807, 2.05) is 0 Å². The first-order chi connectivity index (χ1) is 1.73. The second-order valence-corrected chi connectivity index (χ2v) is 0.283. The maximum Gasteiger partial charge on any atom is 1.00 e. The van der Waals surface area contributed by atoms with Crippen LogP contribution in [0.5, 0.6) is 0 Å². The largest absolute Gasteiger partial charge is 1.00 e. The van der Waals surface area contributed by atoms with Gasteiger partial charge in [0.1, 0.15) is 0 Å². The molecule has 0 fully saturated rings. The van der Waals surface area contributed by atoms with Crippen LogP contribution in [0.1, 0.15) is 1.43 Å². The Morgan fingerprint density at radius 1 is 1.50 bits per heavy atom. The fraction of sp³-hybridized carbons (Fsp3) is 0. The Labute approximate surface area is 79.0 Å². The average molecular weight is 119 g/mol. The molecule has 5 N–H and O–H groups in total. The number of carboxylic acid groups (broad SMARTS) is 2. The summed E-state index contributed by atoms with van der Waals surface area (Å²) in [6.07, 6.45) is -1.83. The molecule has 0 aliphatic rings. The van der Waals surface area contributed by atoms with Crippen LogP contribution < -0.4 is 57.5 Å². The van der Waals surface area contributed by atoms with Crippen LogP contribution >= 0.6 is 0 Å². The molecule has 0 saturated heterocycles. The molecule has 0 bridgehead atoms. The molecule has 0 unspecified atom stereocenters. The van der Waals surface area contributed by atoms with Crippen molar-refractivity contribution in [3.05, 3.63) is 0 Å². The predicted octanol–water partition coefficient (Wildman–Crippen LogP) is -2.50. The van der Waals surface area contributed by atoms with Crippen molar-refractivity contribution in [2.24, 2.45) is 0 Å². The molecular formula is CH6KNO3. The van der Waals surface area contributed by atoms with Crippen molar-refractivity contribution in [3.63, 3.8) is 0 Å². The molecule has 0 radical (unpaired) electrons. The van der Waals surface area contributed by atoms with Crippen molar-refractivity contribution in [1.29, 1.82) is 0 Å². The first-order valence-corrected chi connectivity index (χ1v) is 0.651. The SMILES string of the molecule is N.O=C(O)O.[H-].[K+]. The van der Waals surface area contributed by atoms with Crippen molar-refractivity contribution in [2.75, 3.05) is 0 Å². The maximum absolute atomic E-state index is 8.56. The summed E-state index contributed by atoms with van der Waals surface area (Å²) >= 11 is 0. The number of hydrogen-bond donors (Lipinski definition) is 3. The Morgan fingerprint density at radius 3 is 1.50 bits per heavy atom. The van der Waals surface area contributed by atoms with E-state index in [1.54, 1.807) is 0 Å². The van der Waals surface area contributed by atoms with E-state index in [2.05, 4.69) is 0 Å². The monoisotopic (exact) mass is 119 g/mol. The van der Waals surface area contributed by atoms with Gasteiger partial charge in [0, 0.05) is 0 Å². The second kappa shape index (κ2) is 9.29. The van der Waals surface area contributed by atoms with E-state index < -0.39 is 6.16 Å². The number of hydrogen-bond acceptors (Lipinski definition) is 2. The number of rotatable bonds is 0. The van der Waals surface area contributed by atoms with Gasteiger partial charge >= 0.3 is 57.5 Å². The molecule has 6 heavy (non-hydrogen) atoms. The summed E-state index contributed by atoms with van der Waals surface area (Å²) in [5.41, 5.74) is 0. The molecule has 0 heterocycles. The van der Waals surface area contributed by atoms with Crippen molar-refractivity contribution in [2.45, 2.75) is 0 Å². The first-order valence-electron chi connectivity index (χ1n) is 0.651. The van der Waals surface area contributed by atoms with E-state index >= 15 is 0 Å². The normalized spacial score (nSPS) is 4.00. The Kier molecular flexibility index (Phi) is 24.5. The molecule has 4 nitrogen and oxygen atoms in total. The Bertz CT molecular complexity index is 37.9. The Hall–Kier alpha value is 0.866. The summed E-state index contributed by atoms with van der Waals surface area (Å²) in [6, 6.07) is 0. The molecule has 0 spiro atoms. The summed E-state index contributed by atoms with van der Waals surface area (Å²) in [6.45, 7) is 0. The van der Waals surface area contributed by atoms with Crippen LogP contribution in [-0.4, -0.2) is 16.4 Å². The summed E-state index contributed by atoms with van der Waals surface area (Å²) in [4.78, 5) is 8.56. The van der Waals surface area contributed by atoms with Gasteiger partial charge in [-0.25, -0.2) is 4.79 Å². The van der Waals surface area contributed by atoms with Crippen molar-refractivity contribution in [3.8, 4) is 0 Å². The van der Waals surface area contributed by atoms with E-state index in [0.717, 1.165) is 0 Å². The zero-order chi connectivity index (χ0) is 3.58. The molecular weight excluding hydrogens is 113 g/mol. The van der Waals surface area contributed by atoms with Gasteiger partial charge in [-0.3, -0.25) is 0 Å². The molecule has 0 aliphatic carbocycles. The molecule has 5 heteroatoms. The van der Waals surface area contributed by atoms with Crippen LogP contribution in [0.3, 0.4) is 0 Å². The molecule has 0 saturated carbocycles. The van der Waals surface area contributed by atoms with Crippen LogP contribution in [0.15, 0.2) is 0 Å². The standard InChI is InChI=1S/CH2O3.K.H3N.H/c2-1(3)4;;;/h(H2,2,3,4);;1H3;/q;+1;;-1. The van der Waals surface area contributed by atoms with Crippen LogP contribution in [-0.2, 0) is 0 Å². The predicted molar refractivity (Wildman–Crippen MR) is 16.8 cm³/mol. The molecule has 0 aromatic heterocycles. The van der Waals surface area contributed by atoms with Crippen LogP contribution in [0.4, 0.5) is 4.79 Å². The minimum Gasteiger partial charge on any atom is -1.00 e. The topological polar surface area (TPSA) is 92.5 Å². The zero-order valence-electron chi connectivity index (χ0n) is 4.51. The molecule has 0 aliphatic heterocycles. The van der Waals surface area contributed by atoms with Gasteiger partial charge in [-0.2, -0.15) is 0 Å². The van der Waals surface area contributed by atoms with Gasteiger partial charge in [-0.1, -0.05) is 0 Å². The van der Waals surface area contributed by atoms with E-state index in [4.69, 9.17) is 15.0 Å². The van der Waals surface area contributed by atoms with E-state index in [1.165, 1.54) is 0 Å². The fourth-order valence-corrected chi connectivity index (χ4v) is 0. The van der Waals surface area contributed by atoms with E-state index in [9.17, 15) is 0 Å². The van der Waals surface area contributed by atoms with Crippen molar-refractivity contribution < 1.29 is 67.8 Å². The van der Waals surface area contributed by atoms with Crippen LogP contribution in [0.2, 0.25) is 0 Å². The Morgan fingerprint density at radius 2 is 1.50 bits per heavy atom. The third-order valence-corrected chi connectivity index (χ3v) is 0. The molecule has 0 rings (SSSR count). The van der Waals surface area contributed by atoms with Gasteiger partial charge < -0.3 is 17.8 Å². The zero-order valence-corrected chi connectivity index (χ0v) is 6.63. The smallest absolute Gasteiger partial charge is 1.00 e. The minimum absolute atomic E-state index is 0. The molecule has 0 amide bonds. The minimum atomic E-state index is -1.83. The third kappa shape index (κ3) is 96.9. The number of carbonyl (C=O) groups is 1. The summed E-state index contributed by atoms with van der Waals surface area (Å²) in [5.74, 6) is 0. The fourth-order valence-electron chi connectivity index (χ4n) is 0. The molecule has 34 valence electrons. The van der Waals surface area contributed by atoms with Gasteiger partial charge in [0.2, 0.25) is 0 Å². The van der Waals surface area contributed by atoms with Gasteiger partial charge in [-0.15, -0.1) is 0 Å². The molecule has 0 aromatic carbocycles. The quantitative estimate of drug-likeness (QED) is 0.307. The first kappa shape index (κ1) is 15.8. The van der Waals surface area contributed by atoms with Gasteiger partial charge in [0.15, 0.2) is 0 Å². The third-order valence-electron chi connectivity index (χ3n) is 0. The summed E-state index contributed by atoms with van der Waals surface area (Å²) in [5, 5.41) is 13.9.